The average molecular weight is 409 g/mol. The quantitative estimate of drug-likeness (QED) is 0.714. The van der Waals surface area contributed by atoms with Gasteiger partial charge in [-0.1, -0.05) is 37.1 Å². The van der Waals surface area contributed by atoms with Crippen molar-refractivity contribution in [3.63, 3.8) is 0 Å². The number of carbonyl (C=O) groups is 2. The second kappa shape index (κ2) is 9.14. The molecular weight excluding hydrogens is 382 g/mol. The summed E-state index contributed by atoms with van der Waals surface area (Å²) in [6.45, 7) is 5.80. The highest BCUT2D eigenvalue weighted by Crippen LogP contribution is 2.30. The van der Waals surface area contributed by atoms with Crippen molar-refractivity contribution >= 4 is 11.8 Å². The van der Waals surface area contributed by atoms with Crippen molar-refractivity contribution in [1.29, 1.82) is 0 Å². The number of aliphatic hydroxyl groups is 1. The molecule has 0 bridgehead atoms. The van der Waals surface area contributed by atoms with Crippen molar-refractivity contribution < 1.29 is 19.2 Å². The third-order valence-corrected chi connectivity index (χ3v) is 5.50. The van der Waals surface area contributed by atoms with E-state index in [1.165, 1.54) is 11.1 Å². The average Bonchev–Trinajstić information content (AvgIpc) is 3.37. The Hall–Kier alpha value is -3.11. The molecule has 1 unspecified atom stereocenters. The van der Waals surface area contributed by atoms with Gasteiger partial charge in [-0.05, 0) is 30.5 Å². The molecule has 7 nitrogen and oxygen atoms in total. The van der Waals surface area contributed by atoms with Crippen LogP contribution in [-0.4, -0.2) is 45.7 Å². The smallest absolute Gasteiger partial charge is 0.243 e. The molecule has 7 heteroatoms. The summed E-state index contributed by atoms with van der Waals surface area (Å²) in [6.07, 6.45) is 6.32. The monoisotopic (exact) mass is 409 g/mol. The van der Waals surface area contributed by atoms with Gasteiger partial charge in [-0.3, -0.25) is 9.59 Å². The van der Waals surface area contributed by atoms with Crippen molar-refractivity contribution in [2.45, 2.75) is 51.3 Å². The molecule has 1 aromatic carbocycles. The van der Waals surface area contributed by atoms with Gasteiger partial charge in [0.15, 0.2) is 0 Å². The van der Waals surface area contributed by atoms with Crippen LogP contribution >= 0.6 is 0 Å². The Kier molecular flexibility index (Phi) is 6.58. The second-order valence-corrected chi connectivity index (χ2v) is 8.03. The molecule has 0 saturated carbocycles. The lowest BCUT2D eigenvalue weighted by atomic mass is 9.91. The van der Waals surface area contributed by atoms with E-state index in [-0.39, 0.29) is 36.7 Å². The minimum Gasteiger partial charge on any atom is -0.391 e. The number of benzene rings is 1. The molecule has 2 heterocycles. The fraction of sp³-hybridized carbons (Fsp3) is 0.435. The van der Waals surface area contributed by atoms with Gasteiger partial charge in [0.05, 0.1) is 18.3 Å². The standard InChI is InChI=1S/C23H27N3O4/c1-5-16-6-8-17(9-7-16)15(4)25-22(28)19-12-18(27)13-26(19)23(29)21(14(2)3)20-10-11-24-30-20/h1,6-11,14-15,18-19,21,27H,12-13H2,2-4H3,(H,25,28)/t15-,18+,19-,21?/m0/s1. The highest BCUT2D eigenvalue weighted by atomic mass is 16.5. The van der Waals surface area contributed by atoms with E-state index in [1.807, 2.05) is 45.0 Å². The van der Waals surface area contributed by atoms with E-state index in [0.29, 0.717) is 5.76 Å². The van der Waals surface area contributed by atoms with Gasteiger partial charge >= 0.3 is 0 Å². The summed E-state index contributed by atoms with van der Waals surface area (Å²) in [4.78, 5) is 27.8. The number of nitrogens with one attached hydrogen (secondary N) is 1. The van der Waals surface area contributed by atoms with Crippen LogP contribution in [0.25, 0.3) is 0 Å². The van der Waals surface area contributed by atoms with Crippen LogP contribution in [-0.2, 0) is 9.59 Å². The summed E-state index contributed by atoms with van der Waals surface area (Å²) in [6, 6.07) is 8.01. The summed E-state index contributed by atoms with van der Waals surface area (Å²) >= 11 is 0. The molecule has 0 radical (unpaired) electrons. The van der Waals surface area contributed by atoms with Crippen LogP contribution in [0.5, 0.6) is 0 Å². The number of amides is 2. The fourth-order valence-corrected chi connectivity index (χ4v) is 3.87. The number of carbonyl (C=O) groups excluding carboxylic acids is 2. The lowest BCUT2D eigenvalue weighted by molar-refractivity contribution is -0.141. The van der Waals surface area contributed by atoms with Crippen LogP contribution in [0, 0.1) is 18.3 Å². The number of likely N-dealkylation sites (tertiary alicyclic amines) is 1. The summed E-state index contributed by atoms with van der Waals surface area (Å²) in [5.41, 5.74) is 1.67. The molecule has 1 aliphatic heterocycles. The highest BCUT2D eigenvalue weighted by molar-refractivity contribution is 5.91. The third kappa shape index (κ3) is 4.55. The maximum absolute atomic E-state index is 13.3. The second-order valence-electron chi connectivity index (χ2n) is 8.03. The fourth-order valence-electron chi connectivity index (χ4n) is 3.87. The maximum Gasteiger partial charge on any atom is 0.243 e. The zero-order valence-electron chi connectivity index (χ0n) is 17.4. The van der Waals surface area contributed by atoms with Crippen LogP contribution in [0.2, 0.25) is 0 Å². The summed E-state index contributed by atoms with van der Waals surface area (Å²) in [5, 5.41) is 16.9. The van der Waals surface area contributed by atoms with E-state index in [9.17, 15) is 14.7 Å². The van der Waals surface area contributed by atoms with Gasteiger partial charge in [0.25, 0.3) is 0 Å². The normalized spacial score (nSPS) is 20.6. The molecule has 30 heavy (non-hydrogen) atoms. The number of rotatable bonds is 6. The molecule has 1 aliphatic rings. The topological polar surface area (TPSA) is 95.7 Å². The Labute approximate surface area is 176 Å². The van der Waals surface area contributed by atoms with Crippen molar-refractivity contribution in [2.24, 2.45) is 5.92 Å². The minimum atomic E-state index is -0.752. The van der Waals surface area contributed by atoms with Crippen LogP contribution in [0.1, 0.15) is 56.0 Å². The number of β-amino-alcohol motifs (C(OH)–C–C–N with tert-alkyl or cyclic N) is 1. The van der Waals surface area contributed by atoms with Crippen LogP contribution in [0.3, 0.4) is 0 Å². The zero-order chi connectivity index (χ0) is 21.8. The molecule has 158 valence electrons. The Morgan fingerprint density at radius 2 is 1.97 bits per heavy atom. The van der Waals surface area contributed by atoms with E-state index >= 15 is 0 Å². The van der Waals surface area contributed by atoms with Crippen LogP contribution in [0.15, 0.2) is 41.1 Å². The predicted molar refractivity (Wildman–Crippen MR) is 111 cm³/mol. The number of hydrogen-bond donors (Lipinski definition) is 2. The summed E-state index contributed by atoms with van der Waals surface area (Å²) < 4.78 is 5.23. The van der Waals surface area contributed by atoms with E-state index < -0.39 is 18.1 Å². The Morgan fingerprint density at radius 3 is 2.53 bits per heavy atom. The number of hydrogen-bond acceptors (Lipinski definition) is 5. The van der Waals surface area contributed by atoms with Gasteiger partial charge in [0, 0.05) is 24.6 Å². The molecule has 3 rings (SSSR count). The van der Waals surface area contributed by atoms with Crippen LogP contribution in [0.4, 0.5) is 0 Å². The van der Waals surface area contributed by atoms with Gasteiger partial charge in [0.2, 0.25) is 11.8 Å². The Bertz CT molecular complexity index is 915. The first-order valence-electron chi connectivity index (χ1n) is 10.1. The molecule has 1 saturated heterocycles. The molecule has 0 aliphatic carbocycles. The van der Waals surface area contributed by atoms with Crippen molar-refractivity contribution in [3.05, 3.63) is 53.4 Å². The SMILES string of the molecule is C#Cc1ccc([C@H](C)NC(=O)[C@@H]2C[C@@H](O)CN2C(=O)C(c2ccno2)C(C)C)cc1. The van der Waals surface area contributed by atoms with E-state index in [0.717, 1.165) is 11.1 Å². The Balaban J connectivity index is 1.75. The first kappa shape index (κ1) is 21.6. The number of nitrogens with zero attached hydrogens (tertiary/aromatic N) is 2. The lowest BCUT2D eigenvalue weighted by Crippen LogP contribution is -2.48. The first-order valence-corrected chi connectivity index (χ1v) is 10.1. The number of aromatic nitrogens is 1. The van der Waals surface area contributed by atoms with Gasteiger partial charge in [-0.15, -0.1) is 6.42 Å². The molecule has 2 amide bonds. The minimum absolute atomic E-state index is 0.0551. The highest BCUT2D eigenvalue weighted by Gasteiger charge is 2.43. The van der Waals surface area contributed by atoms with E-state index in [1.54, 1.807) is 6.07 Å². The lowest BCUT2D eigenvalue weighted by Gasteiger charge is -2.29. The van der Waals surface area contributed by atoms with Gasteiger partial charge in [-0.25, -0.2) is 0 Å². The third-order valence-electron chi connectivity index (χ3n) is 5.50. The molecule has 2 aromatic rings. The summed E-state index contributed by atoms with van der Waals surface area (Å²) in [5.74, 6) is 1.85. The van der Waals surface area contributed by atoms with Gasteiger partial charge in [0.1, 0.15) is 17.7 Å². The number of aliphatic hydroxyl groups excluding tert-OH is 1. The van der Waals surface area contributed by atoms with Gasteiger partial charge < -0.3 is 19.8 Å². The number of terminal acetylenes is 1. The molecule has 1 fully saturated rings. The molecule has 1 aromatic heterocycles. The zero-order valence-corrected chi connectivity index (χ0v) is 17.4. The molecule has 0 spiro atoms. The van der Waals surface area contributed by atoms with Crippen molar-refractivity contribution in [3.8, 4) is 12.3 Å². The van der Waals surface area contributed by atoms with Crippen molar-refractivity contribution in [2.75, 3.05) is 6.54 Å². The van der Waals surface area contributed by atoms with Crippen LogP contribution < -0.4 is 5.32 Å². The molecular formula is C23H27N3O4. The first-order chi connectivity index (χ1) is 14.3. The largest absolute Gasteiger partial charge is 0.391 e. The van der Waals surface area contributed by atoms with E-state index in [2.05, 4.69) is 16.4 Å². The molecule has 4 atom stereocenters. The Morgan fingerprint density at radius 1 is 1.27 bits per heavy atom. The van der Waals surface area contributed by atoms with Crippen molar-refractivity contribution in [1.82, 2.24) is 15.4 Å². The predicted octanol–water partition coefficient (Wildman–Crippen LogP) is 2.23. The van der Waals surface area contributed by atoms with Gasteiger partial charge in [-0.2, -0.15) is 0 Å². The summed E-state index contributed by atoms with van der Waals surface area (Å²) in [7, 11) is 0. The van der Waals surface area contributed by atoms with E-state index in [4.69, 9.17) is 10.9 Å². The maximum atomic E-state index is 13.3. The molecule has 2 N–H and O–H groups in total.